The molecule has 19 heavy (non-hydrogen) atoms. The third-order valence-electron chi connectivity index (χ3n) is 1.66. The standard InChI is InChI=1S/2C5H5.4CO.Ru/c2*1-2-4-5-3-1;4*1-2;/h2*1-3H,4H2;;;;;. The van der Waals surface area contributed by atoms with Crippen LogP contribution >= 0.6 is 0 Å². The van der Waals surface area contributed by atoms with Gasteiger partial charge in [-0.1, -0.05) is 0 Å². The van der Waals surface area contributed by atoms with Crippen molar-refractivity contribution >= 4 is 27.2 Å². The molecule has 5 heteroatoms. The van der Waals surface area contributed by atoms with Gasteiger partial charge in [0.05, 0.1) is 0 Å². The van der Waals surface area contributed by atoms with E-state index in [-0.39, 0.29) is 0 Å². The van der Waals surface area contributed by atoms with Crippen molar-refractivity contribution in [3.63, 3.8) is 0 Å². The minimum absolute atomic E-state index is 0.391. The van der Waals surface area contributed by atoms with Gasteiger partial charge >= 0.3 is 74.8 Å². The molecule has 0 N–H and O–H groups in total. The molecule has 2 rings (SSSR count). The van der Waals surface area contributed by atoms with Crippen LogP contribution in [0.2, 0.25) is 0 Å². The van der Waals surface area contributed by atoms with E-state index in [0.717, 1.165) is 0 Å². The van der Waals surface area contributed by atoms with E-state index in [2.05, 4.69) is 63.6 Å². The minimum atomic E-state index is 0.391. The largest absolute Gasteiger partial charge is 0.281 e. The maximum absolute atomic E-state index is 7.50. The van der Waals surface area contributed by atoms with Crippen molar-refractivity contribution in [1.29, 1.82) is 0 Å². The van der Waals surface area contributed by atoms with Gasteiger partial charge in [-0.3, -0.25) is 19.2 Å². The van der Waals surface area contributed by atoms with Gasteiger partial charge in [0.2, 0.25) is 0 Å². The van der Waals surface area contributed by atoms with Crippen LogP contribution in [0.25, 0.3) is 0 Å². The zero-order chi connectivity index (χ0) is 15.5. The van der Waals surface area contributed by atoms with E-state index in [0.29, 0.717) is 17.1 Å². The molecule has 0 aromatic carbocycles. The summed E-state index contributed by atoms with van der Waals surface area (Å²) in [4.78, 5) is 30.0. The molecule has 0 bridgehead atoms. The van der Waals surface area contributed by atoms with Crippen LogP contribution in [-0.2, 0) is 36.3 Å². The molecule has 8 radical (unpaired) electrons. The van der Waals surface area contributed by atoms with Gasteiger partial charge in [0.25, 0.3) is 27.2 Å². The maximum Gasteiger partial charge on any atom is 0.281 e. The quantitative estimate of drug-likeness (QED) is 0.706. The predicted octanol–water partition coefficient (Wildman–Crippen LogP) is 1.17. The van der Waals surface area contributed by atoms with E-state index < -0.39 is 0 Å². The zero-order valence-corrected chi connectivity index (χ0v) is 11.6. The van der Waals surface area contributed by atoms with Crippen molar-refractivity contribution in [2.75, 3.05) is 0 Å². The summed E-state index contributed by atoms with van der Waals surface area (Å²) in [5, 5.41) is 0. The second kappa shape index (κ2) is 21.5. The molecule has 0 aliphatic heterocycles. The maximum atomic E-state index is 7.50. The number of carbonyl (C=O) groups excluding carboxylic acids is 4. The van der Waals surface area contributed by atoms with Gasteiger partial charge in [0.15, 0.2) is 0 Å². The first-order chi connectivity index (χ1) is 9.45. The topological polar surface area (TPSA) is 68.3 Å². The number of rotatable bonds is 2. The Hall–Kier alpha value is -1.74. The fourth-order valence-corrected chi connectivity index (χ4v) is 3.21. The average Bonchev–Trinajstić information content (AvgIpc) is 3.22. The van der Waals surface area contributed by atoms with Crippen molar-refractivity contribution in [3.05, 3.63) is 44.8 Å². The summed E-state index contributed by atoms with van der Waals surface area (Å²) in [6.07, 6.45) is 15.8. The Labute approximate surface area is 121 Å². The van der Waals surface area contributed by atoms with Gasteiger partial charge in [-0.25, -0.2) is 0 Å². The molecule has 2 aliphatic carbocycles. The molecule has 0 atom stereocenters. The van der Waals surface area contributed by atoms with Crippen LogP contribution in [0.4, 0.5) is 0 Å². The summed E-state index contributed by atoms with van der Waals surface area (Å²) in [7, 11) is 0. The molecule has 4 nitrogen and oxygen atoms in total. The molecule has 98 valence electrons. The van der Waals surface area contributed by atoms with Crippen LogP contribution in [0.1, 0.15) is 12.8 Å². The fraction of sp³-hybridized carbons (Fsp3) is 0.143. The Bertz CT molecular complexity index is 296. The normalized spacial score (nSPS) is 13.1. The molecule has 2 aliphatic rings. The van der Waals surface area contributed by atoms with Crippen LogP contribution in [0.5, 0.6) is 0 Å². The molecule has 0 aromatic rings. The Balaban J connectivity index is -0.000000278. The van der Waals surface area contributed by atoms with Crippen LogP contribution in [0.15, 0.2) is 44.8 Å². The number of hydrogen-bond donors (Lipinski definition) is 0. The van der Waals surface area contributed by atoms with Crippen molar-refractivity contribution in [2.24, 2.45) is 0 Å². The van der Waals surface area contributed by atoms with Crippen molar-refractivity contribution in [3.8, 4) is 0 Å². The van der Waals surface area contributed by atoms with E-state index in [9.17, 15) is 0 Å². The van der Waals surface area contributed by atoms with Crippen molar-refractivity contribution < 1.29 is 36.3 Å². The molecule has 0 unspecified atom stereocenters. The molecule has 0 amide bonds. The molecule has 0 saturated heterocycles. The molecular weight excluding hydrogens is 333 g/mol. The second-order valence-corrected chi connectivity index (χ2v) is 5.22. The van der Waals surface area contributed by atoms with Crippen molar-refractivity contribution in [1.82, 2.24) is 0 Å². The van der Waals surface area contributed by atoms with E-state index >= 15 is 0 Å². The molecule has 0 spiro atoms. The predicted molar refractivity (Wildman–Crippen MR) is 66.5 cm³/mol. The average molecular weight is 343 g/mol. The van der Waals surface area contributed by atoms with Gasteiger partial charge in [-0.05, 0) is 0 Å². The molecule has 0 saturated carbocycles. The van der Waals surface area contributed by atoms with Gasteiger partial charge in [0, 0.05) is 0 Å². The third kappa shape index (κ3) is 12.5. The molecular formula is C14H10O4Ru. The Morgan fingerprint density at radius 1 is 0.684 bits per heavy atom. The van der Waals surface area contributed by atoms with Gasteiger partial charge in [0.1, 0.15) is 0 Å². The zero-order valence-electron chi connectivity index (χ0n) is 9.86. The summed E-state index contributed by atoms with van der Waals surface area (Å²) in [6, 6.07) is 0. The van der Waals surface area contributed by atoms with Gasteiger partial charge in [-0.2, -0.15) is 0 Å². The van der Waals surface area contributed by atoms with Crippen molar-refractivity contribution in [2.45, 2.75) is 12.8 Å². The molecule has 0 fully saturated rings. The van der Waals surface area contributed by atoms with Gasteiger partial charge in [-0.15, -0.1) is 0 Å². The van der Waals surface area contributed by atoms with Gasteiger partial charge < -0.3 is 0 Å². The molecule has 0 aromatic heterocycles. The first kappa shape index (κ1) is 22.4. The minimum Gasteiger partial charge on any atom is -0.281 e. The summed E-state index contributed by atoms with van der Waals surface area (Å²) in [6.45, 7) is 18.0. The Kier molecular flexibility index (Phi) is 25.4. The van der Waals surface area contributed by atoms with Crippen LogP contribution < -0.4 is 0 Å². The summed E-state index contributed by atoms with van der Waals surface area (Å²) in [5.74, 6) is 0. The van der Waals surface area contributed by atoms with E-state index in [1.807, 2.05) is 0 Å². The van der Waals surface area contributed by atoms with E-state index in [4.69, 9.17) is 19.2 Å². The van der Waals surface area contributed by atoms with Crippen LogP contribution in [0, 0.1) is 0 Å². The smallest absolute Gasteiger partial charge is 0.281 e. The monoisotopic (exact) mass is 344 g/mol. The van der Waals surface area contributed by atoms with E-state index in [1.54, 1.807) is 8.33 Å². The first-order valence-electron chi connectivity index (χ1n) is 4.60. The van der Waals surface area contributed by atoms with Crippen LogP contribution in [-0.4, -0.2) is 27.2 Å². The second-order valence-electron chi connectivity index (χ2n) is 2.55. The Morgan fingerprint density at radius 3 is 1.21 bits per heavy atom. The summed E-state index contributed by atoms with van der Waals surface area (Å²) >= 11 is 0.391. The first-order valence-corrected chi connectivity index (χ1v) is 6.34. The fourth-order valence-electron chi connectivity index (χ4n) is 1.11. The SMILES string of the molecule is C1=CC[C]([Ru][C]2=CC=CC2)=C1.[C]=O.[C]=O.[C]=O.[C]=O. The number of hydrogen-bond acceptors (Lipinski definition) is 4. The third-order valence-corrected chi connectivity index (χ3v) is 4.07. The molecule has 0 heterocycles. The summed E-state index contributed by atoms with van der Waals surface area (Å²) in [5.41, 5.74) is 0. The van der Waals surface area contributed by atoms with E-state index in [1.165, 1.54) is 12.8 Å². The van der Waals surface area contributed by atoms with Crippen LogP contribution in [0.3, 0.4) is 0 Å². The Morgan fingerprint density at radius 2 is 1.00 bits per heavy atom. The number of allylic oxidation sites excluding steroid dienone is 8. The summed E-state index contributed by atoms with van der Waals surface area (Å²) < 4.78 is 3.29.